The Hall–Kier alpha value is -0.840. The van der Waals surface area contributed by atoms with E-state index in [0.29, 0.717) is 15.9 Å². The van der Waals surface area contributed by atoms with Gasteiger partial charge < -0.3 is 4.74 Å². The van der Waals surface area contributed by atoms with Crippen LogP contribution in [0.15, 0.2) is 34.8 Å². The van der Waals surface area contributed by atoms with E-state index >= 15 is 0 Å². The van der Waals surface area contributed by atoms with Crippen molar-refractivity contribution in [3.8, 4) is 5.75 Å². The van der Waals surface area contributed by atoms with Crippen LogP contribution in [0.3, 0.4) is 0 Å². The Morgan fingerprint density at radius 2 is 2.00 bits per heavy atom. The first-order chi connectivity index (χ1) is 8.56. The van der Waals surface area contributed by atoms with Crippen molar-refractivity contribution in [2.45, 2.75) is 6.61 Å². The third-order valence-corrected chi connectivity index (χ3v) is 3.19. The second kappa shape index (κ2) is 5.87. The highest BCUT2D eigenvalue weighted by Crippen LogP contribution is 2.24. The molecule has 0 aliphatic rings. The van der Waals surface area contributed by atoms with Gasteiger partial charge in [-0.15, -0.1) is 0 Å². The van der Waals surface area contributed by atoms with E-state index in [0.717, 1.165) is 4.47 Å². The Balaban J connectivity index is 2.16. The molecule has 1 heterocycles. The monoisotopic (exact) mass is 349 g/mol. The Kier molecular flexibility index (Phi) is 4.43. The molecule has 0 fully saturated rings. The topological polar surface area (TPSA) is 22.1 Å². The predicted molar refractivity (Wildman–Crippen MR) is 72.7 cm³/mol. The highest BCUT2D eigenvalue weighted by atomic mass is 79.9. The molecule has 0 radical (unpaired) electrons. The van der Waals surface area contributed by atoms with Crippen LogP contribution in [0.2, 0.25) is 10.2 Å². The van der Waals surface area contributed by atoms with E-state index in [-0.39, 0.29) is 12.4 Å². The number of ether oxygens (including phenoxy) is 1. The van der Waals surface area contributed by atoms with Crippen LogP contribution in [0.25, 0.3) is 0 Å². The zero-order chi connectivity index (χ0) is 13.1. The van der Waals surface area contributed by atoms with Crippen LogP contribution in [0, 0.1) is 5.82 Å². The van der Waals surface area contributed by atoms with Gasteiger partial charge in [-0.3, -0.25) is 0 Å². The fraction of sp³-hybridized carbons (Fsp3) is 0.0833. The zero-order valence-corrected chi connectivity index (χ0v) is 12.1. The van der Waals surface area contributed by atoms with Gasteiger partial charge in [0.2, 0.25) is 0 Å². The molecule has 2 rings (SSSR count). The quantitative estimate of drug-likeness (QED) is 0.737. The molecule has 6 heteroatoms. The largest absolute Gasteiger partial charge is 0.484 e. The van der Waals surface area contributed by atoms with Gasteiger partial charge in [0.25, 0.3) is 0 Å². The normalized spacial score (nSPS) is 10.4. The summed E-state index contributed by atoms with van der Waals surface area (Å²) in [7, 11) is 0. The molecule has 94 valence electrons. The summed E-state index contributed by atoms with van der Waals surface area (Å²) in [6, 6.07) is 7.63. The minimum atomic E-state index is -0.448. The van der Waals surface area contributed by atoms with Gasteiger partial charge in [0.05, 0.1) is 10.7 Å². The summed E-state index contributed by atoms with van der Waals surface area (Å²) in [5, 5.41) is 0.738. The predicted octanol–water partition coefficient (Wildman–Crippen LogP) is 4.87. The van der Waals surface area contributed by atoms with Crippen LogP contribution in [0.5, 0.6) is 5.75 Å². The molecular weight excluding hydrogens is 344 g/mol. The minimum Gasteiger partial charge on any atom is -0.484 e. The zero-order valence-electron chi connectivity index (χ0n) is 8.96. The number of hydrogen-bond acceptors (Lipinski definition) is 2. The summed E-state index contributed by atoms with van der Waals surface area (Å²) < 4.78 is 19.5. The van der Waals surface area contributed by atoms with Crippen molar-refractivity contribution in [2.24, 2.45) is 0 Å². The lowest BCUT2D eigenvalue weighted by Gasteiger charge is -2.08. The van der Waals surface area contributed by atoms with Gasteiger partial charge in [-0.05, 0) is 30.3 Å². The van der Waals surface area contributed by atoms with Gasteiger partial charge in [-0.1, -0.05) is 39.1 Å². The molecule has 2 aromatic rings. The van der Waals surface area contributed by atoms with E-state index in [4.69, 9.17) is 27.9 Å². The van der Waals surface area contributed by atoms with Gasteiger partial charge in [0.1, 0.15) is 11.8 Å². The maximum absolute atomic E-state index is 13.4. The molecule has 1 aromatic heterocycles. The average Bonchev–Trinajstić information content (AvgIpc) is 2.34. The van der Waals surface area contributed by atoms with Crippen molar-refractivity contribution in [2.75, 3.05) is 0 Å². The van der Waals surface area contributed by atoms with Crippen molar-refractivity contribution in [3.63, 3.8) is 0 Å². The van der Waals surface area contributed by atoms with Crippen LogP contribution < -0.4 is 4.74 Å². The smallest absolute Gasteiger partial charge is 0.165 e. The first kappa shape index (κ1) is 13.6. The fourth-order valence-corrected chi connectivity index (χ4v) is 1.96. The van der Waals surface area contributed by atoms with E-state index < -0.39 is 5.82 Å². The van der Waals surface area contributed by atoms with Crippen LogP contribution in [-0.4, -0.2) is 4.98 Å². The summed E-state index contributed by atoms with van der Waals surface area (Å²) in [5.41, 5.74) is 0.462. The number of hydrogen-bond donors (Lipinski definition) is 0. The standard InChI is InChI=1S/C12H7BrCl2FNO/c13-7-1-3-9(16)11(5-7)18-6-10-8(14)2-4-12(15)17-10/h1-5H,6H2. The lowest BCUT2D eigenvalue weighted by atomic mass is 10.3. The van der Waals surface area contributed by atoms with Crippen molar-refractivity contribution in [1.82, 2.24) is 4.98 Å². The van der Waals surface area contributed by atoms with Crippen LogP contribution >= 0.6 is 39.1 Å². The van der Waals surface area contributed by atoms with Crippen molar-refractivity contribution < 1.29 is 9.13 Å². The maximum Gasteiger partial charge on any atom is 0.165 e. The van der Waals surface area contributed by atoms with E-state index in [1.807, 2.05) is 0 Å². The highest BCUT2D eigenvalue weighted by Gasteiger charge is 2.08. The van der Waals surface area contributed by atoms with Gasteiger partial charge in [-0.25, -0.2) is 9.37 Å². The van der Waals surface area contributed by atoms with E-state index in [1.54, 1.807) is 18.2 Å². The Labute approximate surface area is 122 Å². The molecule has 0 saturated heterocycles. The maximum atomic E-state index is 13.4. The minimum absolute atomic E-state index is 0.0484. The highest BCUT2D eigenvalue weighted by molar-refractivity contribution is 9.10. The number of pyridine rings is 1. The number of nitrogens with zero attached hydrogens (tertiary/aromatic N) is 1. The fourth-order valence-electron chi connectivity index (χ4n) is 1.29. The summed E-state index contributed by atoms with van der Waals surface area (Å²) >= 11 is 14.9. The van der Waals surface area contributed by atoms with Crippen LogP contribution in [0.1, 0.15) is 5.69 Å². The Morgan fingerprint density at radius 1 is 1.22 bits per heavy atom. The van der Waals surface area contributed by atoms with Crippen LogP contribution in [0.4, 0.5) is 4.39 Å². The van der Waals surface area contributed by atoms with Crippen LogP contribution in [-0.2, 0) is 6.61 Å². The summed E-state index contributed by atoms with van der Waals surface area (Å²) in [4.78, 5) is 4.01. The molecule has 0 aliphatic heterocycles. The third-order valence-electron chi connectivity index (χ3n) is 2.14. The van der Waals surface area contributed by atoms with Gasteiger partial charge in [0, 0.05) is 4.47 Å². The molecule has 18 heavy (non-hydrogen) atoms. The van der Waals surface area contributed by atoms with Crippen molar-refractivity contribution in [3.05, 3.63) is 56.5 Å². The number of benzene rings is 1. The third kappa shape index (κ3) is 3.34. The van der Waals surface area contributed by atoms with Gasteiger partial charge >= 0.3 is 0 Å². The van der Waals surface area contributed by atoms with E-state index in [1.165, 1.54) is 12.1 Å². The van der Waals surface area contributed by atoms with Gasteiger partial charge in [0.15, 0.2) is 11.6 Å². The molecule has 2 nitrogen and oxygen atoms in total. The molecule has 0 amide bonds. The Bertz CT molecular complexity index is 528. The number of aromatic nitrogens is 1. The molecule has 0 N–H and O–H groups in total. The molecule has 0 unspecified atom stereocenters. The van der Waals surface area contributed by atoms with Gasteiger partial charge in [-0.2, -0.15) is 0 Å². The van der Waals surface area contributed by atoms with E-state index in [2.05, 4.69) is 20.9 Å². The molecular formula is C12H7BrCl2FNO. The lowest BCUT2D eigenvalue weighted by Crippen LogP contribution is -2.01. The molecule has 1 aromatic carbocycles. The first-order valence-electron chi connectivity index (χ1n) is 4.95. The molecule has 0 spiro atoms. The van der Waals surface area contributed by atoms with Crippen molar-refractivity contribution in [1.29, 1.82) is 0 Å². The lowest BCUT2D eigenvalue weighted by molar-refractivity contribution is 0.286. The number of halogens is 4. The molecule has 0 aliphatic carbocycles. The van der Waals surface area contributed by atoms with E-state index in [9.17, 15) is 4.39 Å². The average molecular weight is 351 g/mol. The summed E-state index contributed by atoms with van der Waals surface area (Å²) in [6.07, 6.45) is 0. The summed E-state index contributed by atoms with van der Waals surface area (Å²) in [5.74, 6) is -0.321. The van der Waals surface area contributed by atoms with Crippen molar-refractivity contribution >= 4 is 39.1 Å². The number of rotatable bonds is 3. The first-order valence-corrected chi connectivity index (χ1v) is 6.50. The summed E-state index contributed by atoms with van der Waals surface area (Å²) in [6.45, 7) is 0.0484. The Morgan fingerprint density at radius 3 is 2.78 bits per heavy atom. The SMILES string of the molecule is Fc1ccc(Br)cc1OCc1nc(Cl)ccc1Cl. The second-order valence-corrected chi connectivity index (χ2v) is 5.14. The molecule has 0 bridgehead atoms. The molecule has 0 saturated carbocycles. The second-order valence-electron chi connectivity index (χ2n) is 3.43. The molecule has 0 atom stereocenters.